The van der Waals surface area contributed by atoms with Crippen LogP contribution in [0.25, 0.3) is 10.9 Å². The fraction of sp³-hybridized carbons (Fsp3) is 0.0714. The molecule has 0 atom stereocenters. The second kappa shape index (κ2) is 7.91. The summed E-state index contributed by atoms with van der Waals surface area (Å²) >= 11 is 4.70. The van der Waals surface area contributed by atoms with Gasteiger partial charge in [-0.2, -0.15) is 9.67 Å². The van der Waals surface area contributed by atoms with Crippen LogP contribution < -0.4 is 39.7 Å². The lowest BCUT2D eigenvalue weighted by molar-refractivity contribution is -0.660. The van der Waals surface area contributed by atoms with E-state index in [0.717, 1.165) is 23.0 Å². The molecule has 0 radical (unpaired) electrons. The summed E-state index contributed by atoms with van der Waals surface area (Å²) in [4.78, 5) is 0. The van der Waals surface area contributed by atoms with Gasteiger partial charge in [0.25, 0.3) is 0 Å². The van der Waals surface area contributed by atoms with E-state index < -0.39 is 0 Å². The standard InChI is InChI=1S/C14H14N4S.HI/c1-2-8-18-9-7-11(10-16-17-14(15)19)12-5-3-4-6-13(12)18;/h2-7,9-10H,1,8H2,(H2,15,19);1H. The van der Waals surface area contributed by atoms with Crippen molar-refractivity contribution in [1.29, 1.82) is 0 Å². The zero-order chi connectivity index (χ0) is 13.7. The highest BCUT2D eigenvalue weighted by Gasteiger charge is 2.09. The summed E-state index contributed by atoms with van der Waals surface area (Å²) in [7, 11) is 0. The van der Waals surface area contributed by atoms with Crippen LogP contribution in [0.2, 0.25) is 0 Å². The minimum Gasteiger partial charge on any atom is -1.00 e. The SMILES string of the molecule is C=CC[n+]1ccc(/C=N\NC(N)=S)c2ccccc21.[I-]. The van der Waals surface area contributed by atoms with Crippen LogP contribution in [0.4, 0.5) is 0 Å². The fourth-order valence-electron chi connectivity index (χ4n) is 1.88. The maximum absolute atomic E-state index is 5.32. The Bertz CT molecular complexity index is 655. The first-order valence-corrected chi connectivity index (χ1v) is 6.24. The molecule has 1 aromatic carbocycles. The van der Waals surface area contributed by atoms with Crippen LogP contribution in [0.3, 0.4) is 0 Å². The number of hydrogen-bond acceptors (Lipinski definition) is 2. The highest BCUT2D eigenvalue weighted by molar-refractivity contribution is 7.80. The highest BCUT2D eigenvalue weighted by Crippen LogP contribution is 2.13. The van der Waals surface area contributed by atoms with Crippen molar-refractivity contribution in [3.63, 3.8) is 0 Å². The minimum absolute atomic E-state index is 0. The van der Waals surface area contributed by atoms with Gasteiger partial charge in [0.15, 0.2) is 17.9 Å². The van der Waals surface area contributed by atoms with Gasteiger partial charge in [-0.15, -0.1) is 0 Å². The number of hydrazone groups is 1. The molecule has 0 saturated carbocycles. The zero-order valence-electron chi connectivity index (χ0n) is 10.8. The fourth-order valence-corrected chi connectivity index (χ4v) is 1.94. The number of halogens is 1. The molecule has 2 rings (SSSR count). The average molecular weight is 398 g/mol. The lowest BCUT2D eigenvalue weighted by atomic mass is 10.1. The topological polar surface area (TPSA) is 54.3 Å². The van der Waals surface area contributed by atoms with E-state index in [1.165, 1.54) is 0 Å². The zero-order valence-corrected chi connectivity index (χ0v) is 13.8. The number of aromatic nitrogens is 1. The number of allylic oxidation sites excluding steroid dienone is 1. The predicted octanol–water partition coefficient (Wildman–Crippen LogP) is -1.52. The number of nitrogens with one attached hydrogen (secondary N) is 1. The molecule has 0 bridgehead atoms. The first-order valence-electron chi connectivity index (χ1n) is 5.83. The summed E-state index contributed by atoms with van der Waals surface area (Å²) in [6.07, 6.45) is 5.58. The van der Waals surface area contributed by atoms with Crippen LogP contribution in [0.15, 0.2) is 54.3 Å². The summed E-state index contributed by atoms with van der Waals surface area (Å²) < 4.78 is 2.13. The van der Waals surface area contributed by atoms with Crippen LogP contribution >= 0.6 is 12.2 Å². The molecule has 3 N–H and O–H groups in total. The van der Waals surface area contributed by atoms with E-state index in [9.17, 15) is 0 Å². The van der Waals surface area contributed by atoms with E-state index >= 15 is 0 Å². The van der Waals surface area contributed by atoms with E-state index in [2.05, 4.69) is 33.8 Å². The van der Waals surface area contributed by atoms with Crippen molar-refractivity contribution in [3.05, 3.63) is 54.7 Å². The highest BCUT2D eigenvalue weighted by atomic mass is 127. The predicted molar refractivity (Wildman–Crippen MR) is 81.9 cm³/mol. The molecular formula is C14H15IN4S. The number of thiocarbonyl (C=S) groups is 1. The van der Waals surface area contributed by atoms with Crippen LogP contribution in [0.1, 0.15) is 5.56 Å². The molecule has 2 aromatic rings. The van der Waals surface area contributed by atoms with E-state index in [-0.39, 0.29) is 29.1 Å². The van der Waals surface area contributed by atoms with Crippen molar-refractivity contribution in [1.82, 2.24) is 5.43 Å². The summed E-state index contributed by atoms with van der Waals surface area (Å²) in [5.41, 5.74) is 10.0. The van der Waals surface area contributed by atoms with E-state index in [4.69, 9.17) is 18.0 Å². The van der Waals surface area contributed by atoms with Gasteiger partial charge >= 0.3 is 0 Å². The molecule has 6 heteroatoms. The number of rotatable bonds is 4. The molecule has 0 aliphatic rings. The Morgan fingerprint density at radius 1 is 1.40 bits per heavy atom. The van der Waals surface area contributed by atoms with Gasteiger partial charge in [0.2, 0.25) is 5.52 Å². The number of fused-ring (bicyclic) bond motifs is 1. The van der Waals surface area contributed by atoms with Crippen molar-refractivity contribution in [3.8, 4) is 0 Å². The lowest BCUT2D eigenvalue weighted by Gasteiger charge is -2.02. The molecule has 0 saturated heterocycles. The third kappa shape index (κ3) is 3.97. The molecule has 0 fully saturated rings. The van der Waals surface area contributed by atoms with Gasteiger partial charge in [-0.1, -0.05) is 18.7 Å². The second-order valence-electron chi connectivity index (χ2n) is 3.96. The number of pyridine rings is 1. The summed E-state index contributed by atoms with van der Waals surface area (Å²) in [5, 5.41) is 5.26. The van der Waals surface area contributed by atoms with E-state index in [1.807, 2.05) is 30.5 Å². The molecule has 20 heavy (non-hydrogen) atoms. The van der Waals surface area contributed by atoms with Crippen LogP contribution in [-0.4, -0.2) is 11.3 Å². The number of nitrogens with two attached hydrogens (primary N) is 1. The van der Waals surface area contributed by atoms with Gasteiger partial charge in [-0.3, -0.25) is 5.43 Å². The maximum Gasteiger partial charge on any atom is 0.213 e. The van der Waals surface area contributed by atoms with Gasteiger partial charge in [0.1, 0.15) is 0 Å². The molecular weight excluding hydrogens is 383 g/mol. The van der Waals surface area contributed by atoms with Crippen LogP contribution in [0.5, 0.6) is 0 Å². The Morgan fingerprint density at radius 3 is 2.85 bits per heavy atom. The molecule has 0 unspecified atom stereocenters. The van der Waals surface area contributed by atoms with Gasteiger partial charge in [0, 0.05) is 17.7 Å². The number of para-hydroxylation sites is 1. The van der Waals surface area contributed by atoms with Gasteiger partial charge in [0.05, 0.1) is 11.6 Å². The Balaban J connectivity index is 0.00000200. The summed E-state index contributed by atoms with van der Waals surface area (Å²) in [5.74, 6) is 0. The first-order chi connectivity index (χ1) is 9.22. The molecule has 1 heterocycles. The molecule has 0 aliphatic carbocycles. The lowest BCUT2D eigenvalue weighted by Crippen LogP contribution is -3.00. The first kappa shape index (κ1) is 16.5. The van der Waals surface area contributed by atoms with E-state index in [0.29, 0.717) is 0 Å². The largest absolute Gasteiger partial charge is 1.00 e. The number of hydrogen-bond donors (Lipinski definition) is 2. The van der Waals surface area contributed by atoms with Crippen molar-refractivity contribution in [2.24, 2.45) is 10.8 Å². The van der Waals surface area contributed by atoms with Gasteiger partial charge in [-0.05, 0) is 24.4 Å². The second-order valence-corrected chi connectivity index (χ2v) is 4.40. The Hall–Kier alpha value is -1.54. The number of nitrogens with zero attached hydrogens (tertiary/aromatic N) is 2. The quantitative estimate of drug-likeness (QED) is 0.164. The Labute approximate surface area is 140 Å². The summed E-state index contributed by atoms with van der Waals surface area (Å²) in [6, 6.07) is 10.1. The van der Waals surface area contributed by atoms with Crippen molar-refractivity contribution >= 4 is 34.4 Å². The number of benzene rings is 1. The molecule has 0 spiro atoms. The normalized spacial score (nSPS) is 10.2. The molecule has 4 nitrogen and oxygen atoms in total. The summed E-state index contributed by atoms with van der Waals surface area (Å²) in [6.45, 7) is 4.54. The monoisotopic (exact) mass is 398 g/mol. The van der Waals surface area contributed by atoms with Gasteiger partial charge in [-0.25, -0.2) is 0 Å². The third-order valence-electron chi connectivity index (χ3n) is 2.66. The third-order valence-corrected chi connectivity index (χ3v) is 2.75. The van der Waals surface area contributed by atoms with Crippen molar-refractivity contribution in [2.75, 3.05) is 0 Å². The maximum atomic E-state index is 5.32. The molecule has 1 aromatic heterocycles. The molecule has 104 valence electrons. The van der Waals surface area contributed by atoms with Crippen LogP contribution in [0, 0.1) is 0 Å². The van der Waals surface area contributed by atoms with Crippen molar-refractivity contribution < 1.29 is 28.5 Å². The van der Waals surface area contributed by atoms with Gasteiger partial charge < -0.3 is 29.7 Å². The minimum atomic E-state index is 0. The molecule has 0 aliphatic heterocycles. The van der Waals surface area contributed by atoms with E-state index in [1.54, 1.807) is 6.21 Å². The molecule has 0 amide bonds. The average Bonchev–Trinajstić information content (AvgIpc) is 2.41. The Morgan fingerprint density at radius 2 is 2.15 bits per heavy atom. The van der Waals surface area contributed by atoms with Crippen molar-refractivity contribution in [2.45, 2.75) is 6.54 Å². The Kier molecular flexibility index (Phi) is 6.53. The smallest absolute Gasteiger partial charge is 0.213 e. The van der Waals surface area contributed by atoms with Crippen LogP contribution in [-0.2, 0) is 6.54 Å².